The number of nitrogens with zero attached hydrogens (tertiary/aromatic N) is 3. The predicted octanol–water partition coefficient (Wildman–Crippen LogP) is 5.80. The van der Waals surface area contributed by atoms with Crippen molar-refractivity contribution in [1.29, 1.82) is 5.41 Å². The Bertz CT molecular complexity index is 1290. The second-order valence-corrected chi connectivity index (χ2v) is 9.36. The van der Waals surface area contributed by atoms with E-state index in [1.807, 2.05) is 19.9 Å². The van der Waals surface area contributed by atoms with Crippen LogP contribution < -0.4 is 14.2 Å². The predicted molar refractivity (Wildman–Crippen MR) is 140 cm³/mol. The molecule has 1 N–H and O–H groups in total. The summed E-state index contributed by atoms with van der Waals surface area (Å²) in [6, 6.07) is 8.73. The highest BCUT2D eigenvalue weighted by molar-refractivity contribution is 8.26. The average Bonchev–Trinajstić information content (AvgIpc) is 3.25. The van der Waals surface area contributed by atoms with Crippen molar-refractivity contribution < 1.29 is 19.0 Å². The lowest BCUT2D eigenvalue weighted by Gasteiger charge is -2.20. The molecule has 0 aromatic heterocycles. The number of ether oxygens (including phenoxy) is 3. The van der Waals surface area contributed by atoms with Gasteiger partial charge in [0.1, 0.15) is 24.0 Å². The lowest BCUT2D eigenvalue weighted by atomic mass is 10.1. The molecule has 2 aliphatic heterocycles. The molecule has 0 saturated carbocycles. The maximum absolute atomic E-state index is 12.6. The highest BCUT2D eigenvalue weighted by Crippen LogP contribution is 2.38. The van der Waals surface area contributed by atoms with Crippen LogP contribution in [0.3, 0.4) is 0 Å². The Balaban J connectivity index is 1.48. The van der Waals surface area contributed by atoms with Crippen LogP contribution in [0, 0.1) is 12.3 Å². The minimum atomic E-state index is -0.508. The Kier molecular flexibility index (Phi) is 7.69. The number of aliphatic imine (C=N–C) groups is 1. The van der Waals surface area contributed by atoms with Gasteiger partial charge in [-0.15, -0.1) is 0 Å². The van der Waals surface area contributed by atoms with E-state index in [-0.39, 0.29) is 24.6 Å². The van der Waals surface area contributed by atoms with Gasteiger partial charge < -0.3 is 14.2 Å². The fourth-order valence-electron chi connectivity index (χ4n) is 3.31. The molecule has 35 heavy (non-hydrogen) atoms. The molecular formula is C24H22Cl2N4O4S. The van der Waals surface area contributed by atoms with Gasteiger partial charge in [0, 0.05) is 5.02 Å². The number of benzene rings is 2. The number of fused-ring (bicyclic) bond motifs is 1. The lowest BCUT2D eigenvalue weighted by molar-refractivity contribution is -0.114. The minimum Gasteiger partial charge on any atom is -0.493 e. The summed E-state index contributed by atoms with van der Waals surface area (Å²) in [5.74, 6) is 0.874. The fraction of sp³-hybridized carbons (Fsp3) is 0.250. The van der Waals surface area contributed by atoms with Crippen LogP contribution in [0.4, 0.5) is 0 Å². The highest BCUT2D eigenvalue weighted by atomic mass is 35.5. The zero-order valence-corrected chi connectivity index (χ0v) is 21.6. The van der Waals surface area contributed by atoms with Gasteiger partial charge in [0.2, 0.25) is 5.17 Å². The maximum atomic E-state index is 12.6. The Labute approximate surface area is 217 Å². The molecule has 8 nitrogen and oxygen atoms in total. The first-order valence-electron chi connectivity index (χ1n) is 10.7. The summed E-state index contributed by atoms with van der Waals surface area (Å²) in [5, 5.41) is 16.3. The molecular weight excluding hydrogens is 511 g/mol. The summed E-state index contributed by atoms with van der Waals surface area (Å²) in [4.78, 5) is 16.7. The van der Waals surface area contributed by atoms with Gasteiger partial charge in [-0.2, -0.15) is 15.1 Å². The number of carbonyl (C=O) groups excluding carboxylic acids is 1. The molecule has 182 valence electrons. The van der Waals surface area contributed by atoms with Gasteiger partial charge in [-0.1, -0.05) is 30.1 Å². The number of amidine groups is 2. The van der Waals surface area contributed by atoms with Gasteiger partial charge in [-0.3, -0.25) is 10.2 Å². The number of hydrogen-bond donors (Lipinski definition) is 1. The zero-order chi connectivity index (χ0) is 25.1. The molecule has 0 bridgehead atoms. The van der Waals surface area contributed by atoms with E-state index >= 15 is 0 Å². The van der Waals surface area contributed by atoms with E-state index in [4.69, 9.17) is 42.8 Å². The van der Waals surface area contributed by atoms with E-state index in [1.165, 1.54) is 23.9 Å². The Morgan fingerprint density at radius 3 is 2.63 bits per heavy atom. The molecule has 0 fully saturated rings. The Morgan fingerprint density at radius 1 is 1.14 bits per heavy atom. The second-order valence-electron chi connectivity index (χ2n) is 7.51. The van der Waals surface area contributed by atoms with Gasteiger partial charge in [0.05, 0.1) is 17.7 Å². The molecule has 2 aromatic carbocycles. The fourth-order valence-corrected chi connectivity index (χ4v) is 4.53. The van der Waals surface area contributed by atoms with Gasteiger partial charge in [0.25, 0.3) is 5.91 Å². The summed E-state index contributed by atoms with van der Waals surface area (Å²) < 4.78 is 17.0. The van der Waals surface area contributed by atoms with Gasteiger partial charge in [-0.25, -0.2) is 0 Å². The van der Waals surface area contributed by atoms with E-state index in [1.54, 1.807) is 30.3 Å². The molecule has 1 amide bonds. The number of amides is 1. The van der Waals surface area contributed by atoms with Crippen LogP contribution in [0.2, 0.25) is 10.0 Å². The average molecular weight is 533 g/mol. The lowest BCUT2D eigenvalue weighted by Crippen LogP contribution is -2.35. The van der Waals surface area contributed by atoms with Crippen molar-refractivity contribution in [2.45, 2.75) is 20.3 Å². The number of hydrogen-bond acceptors (Lipinski definition) is 7. The van der Waals surface area contributed by atoms with E-state index < -0.39 is 5.91 Å². The number of nitrogens with one attached hydrogen (secondary N) is 1. The SMILES string of the molecule is CCC1=NN2C(=N)/C(=C/c3cc(Cl)c(OCCOc4ccc(Cl)c(C)c4)c(OC)c3)C(=O)N=C2S1. The Hall–Kier alpha value is -3.01. The molecule has 0 aliphatic carbocycles. The molecule has 0 unspecified atom stereocenters. The van der Waals surface area contributed by atoms with Gasteiger partial charge >= 0.3 is 0 Å². The third kappa shape index (κ3) is 5.47. The first kappa shape index (κ1) is 25.1. The van der Waals surface area contributed by atoms with Gasteiger partial charge in [-0.05, 0) is 72.6 Å². The number of hydrazone groups is 1. The normalized spacial score (nSPS) is 16.3. The van der Waals surface area contributed by atoms with E-state index in [2.05, 4.69) is 10.1 Å². The van der Waals surface area contributed by atoms with Crippen LogP contribution in [-0.2, 0) is 4.79 Å². The number of carbonyl (C=O) groups is 1. The van der Waals surface area contributed by atoms with Crippen molar-refractivity contribution in [1.82, 2.24) is 5.01 Å². The molecule has 4 rings (SSSR count). The van der Waals surface area contributed by atoms with Crippen LogP contribution in [0.1, 0.15) is 24.5 Å². The van der Waals surface area contributed by atoms with E-state index in [0.717, 1.165) is 10.6 Å². The molecule has 11 heteroatoms. The summed E-state index contributed by atoms with van der Waals surface area (Å²) in [7, 11) is 1.50. The van der Waals surface area contributed by atoms with Crippen molar-refractivity contribution in [3.05, 3.63) is 57.1 Å². The maximum Gasteiger partial charge on any atom is 0.283 e. The number of methoxy groups -OCH3 is 1. The molecule has 0 atom stereocenters. The van der Waals surface area contributed by atoms with Crippen LogP contribution in [-0.4, -0.2) is 47.3 Å². The first-order valence-corrected chi connectivity index (χ1v) is 12.3. The summed E-state index contributed by atoms with van der Waals surface area (Å²) in [5.41, 5.74) is 1.59. The molecule has 2 heterocycles. The van der Waals surface area contributed by atoms with Crippen LogP contribution in [0.15, 0.2) is 46.0 Å². The molecule has 0 spiro atoms. The largest absolute Gasteiger partial charge is 0.493 e. The monoisotopic (exact) mass is 532 g/mol. The van der Waals surface area contributed by atoms with Crippen molar-refractivity contribution in [2.75, 3.05) is 20.3 Å². The van der Waals surface area contributed by atoms with E-state index in [0.29, 0.717) is 44.4 Å². The summed E-state index contributed by atoms with van der Waals surface area (Å²) >= 11 is 13.8. The quantitative estimate of drug-likeness (QED) is 0.341. The molecule has 0 radical (unpaired) electrons. The smallest absolute Gasteiger partial charge is 0.283 e. The first-order chi connectivity index (χ1) is 16.8. The standard InChI is InChI=1S/C24H22Cl2N4O4S/c1-4-20-29-30-22(27)16(23(31)28-24(30)35-20)10-14-11-18(26)21(19(12-14)32-3)34-8-7-33-15-5-6-17(25)13(2)9-15/h5-6,9-12,27H,4,7-8H2,1-3H3/b16-10-,27-22?. The number of halogens is 2. The number of rotatable bonds is 8. The second kappa shape index (κ2) is 10.7. The topological polar surface area (TPSA) is 96.6 Å². The van der Waals surface area contributed by atoms with Crippen molar-refractivity contribution in [3.63, 3.8) is 0 Å². The zero-order valence-electron chi connectivity index (χ0n) is 19.2. The van der Waals surface area contributed by atoms with Crippen LogP contribution in [0.25, 0.3) is 6.08 Å². The number of aryl methyl sites for hydroxylation is 1. The van der Waals surface area contributed by atoms with Crippen LogP contribution >= 0.6 is 35.0 Å². The number of thioether (sulfide) groups is 1. The summed E-state index contributed by atoms with van der Waals surface area (Å²) in [6.07, 6.45) is 2.23. The molecule has 2 aromatic rings. The third-order valence-corrected chi connectivity index (χ3v) is 6.85. The van der Waals surface area contributed by atoms with E-state index in [9.17, 15) is 4.79 Å². The van der Waals surface area contributed by atoms with Gasteiger partial charge in [0.15, 0.2) is 17.3 Å². The van der Waals surface area contributed by atoms with Crippen molar-refractivity contribution in [3.8, 4) is 17.2 Å². The van der Waals surface area contributed by atoms with Crippen molar-refractivity contribution >= 4 is 63.0 Å². The third-order valence-electron chi connectivity index (χ3n) is 5.09. The van der Waals surface area contributed by atoms with Crippen LogP contribution in [0.5, 0.6) is 17.2 Å². The minimum absolute atomic E-state index is 0.0408. The summed E-state index contributed by atoms with van der Waals surface area (Å²) in [6.45, 7) is 4.37. The Morgan fingerprint density at radius 2 is 1.91 bits per heavy atom. The molecule has 2 aliphatic rings. The molecule has 0 saturated heterocycles. The van der Waals surface area contributed by atoms with Crippen molar-refractivity contribution in [2.24, 2.45) is 10.1 Å². The highest BCUT2D eigenvalue weighted by Gasteiger charge is 2.35.